The molecule has 148 valence electrons. The number of aromatic nitrogens is 2. The maximum atomic E-state index is 12.1. The summed E-state index contributed by atoms with van der Waals surface area (Å²) in [5.74, 6) is 2.53. The molecule has 4 rings (SSSR count). The van der Waals surface area contributed by atoms with Gasteiger partial charge in [-0.1, -0.05) is 0 Å². The summed E-state index contributed by atoms with van der Waals surface area (Å²) in [6, 6.07) is 7.72. The van der Waals surface area contributed by atoms with Gasteiger partial charge in [-0.2, -0.15) is 0 Å². The van der Waals surface area contributed by atoms with E-state index in [-0.39, 0.29) is 12.0 Å². The third-order valence-corrected chi connectivity index (χ3v) is 5.17. The van der Waals surface area contributed by atoms with Crippen molar-refractivity contribution in [3.05, 3.63) is 35.4 Å². The molecular formula is C20H24N4O4. The first-order chi connectivity index (χ1) is 13.7. The Morgan fingerprint density at radius 3 is 2.61 bits per heavy atom. The number of benzene rings is 1. The average molecular weight is 384 g/mol. The van der Waals surface area contributed by atoms with Crippen LogP contribution in [0, 0.1) is 0 Å². The van der Waals surface area contributed by atoms with E-state index < -0.39 is 0 Å². The summed E-state index contributed by atoms with van der Waals surface area (Å²) >= 11 is 0. The van der Waals surface area contributed by atoms with E-state index in [0.29, 0.717) is 19.0 Å². The lowest BCUT2D eigenvalue weighted by Crippen LogP contribution is -2.31. The SMILES string of the molecule is COc1cc2c(cc1OC)CN(c1ccc(NC(=O)C3CCCO3)nn1)CC2. The summed E-state index contributed by atoms with van der Waals surface area (Å²) < 4.78 is 16.2. The van der Waals surface area contributed by atoms with Crippen molar-refractivity contribution in [1.29, 1.82) is 0 Å². The van der Waals surface area contributed by atoms with Crippen LogP contribution in [0.15, 0.2) is 24.3 Å². The second-order valence-electron chi connectivity index (χ2n) is 6.92. The molecule has 2 aliphatic rings. The Bertz CT molecular complexity index is 850. The van der Waals surface area contributed by atoms with E-state index in [2.05, 4.69) is 20.4 Å². The molecule has 1 saturated heterocycles. The van der Waals surface area contributed by atoms with Gasteiger partial charge in [0.05, 0.1) is 14.2 Å². The summed E-state index contributed by atoms with van der Waals surface area (Å²) in [6.45, 7) is 2.18. The molecule has 1 amide bonds. The van der Waals surface area contributed by atoms with Crippen molar-refractivity contribution in [3.8, 4) is 11.5 Å². The Morgan fingerprint density at radius 1 is 1.18 bits per heavy atom. The van der Waals surface area contributed by atoms with Crippen molar-refractivity contribution in [2.45, 2.75) is 31.9 Å². The van der Waals surface area contributed by atoms with E-state index in [0.717, 1.165) is 43.1 Å². The molecule has 0 bridgehead atoms. The minimum Gasteiger partial charge on any atom is -0.493 e. The number of amides is 1. The maximum Gasteiger partial charge on any atom is 0.254 e. The highest BCUT2D eigenvalue weighted by atomic mass is 16.5. The summed E-state index contributed by atoms with van der Waals surface area (Å²) in [5, 5.41) is 11.2. The van der Waals surface area contributed by atoms with Crippen LogP contribution >= 0.6 is 0 Å². The number of anilines is 2. The fraction of sp³-hybridized carbons (Fsp3) is 0.450. The Kier molecular flexibility index (Phi) is 5.29. The zero-order valence-corrected chi connectivity index (χ0v) is 16.1. The van der Waals surface area contributed by atoms with Crippen molar-refractivity contribution in [3.63, 3.8) is 0 Å². The van der Waals surface area contributed by atoms with Gasteiger partial charge in [0.1, 0.15) is 6.10 Å². The highest BCUT2D eigenvalue weighted by Gasteiger charge is 2.24. The van der Waals surface area contributed by atoms with Crippen LogP contribution in [0.1, 0.15) is 24.0 Å². The Hall–Kier alpha value is -2.87. The highest BCUT2D eigenvalue weighted by Crippen LogP contribution is 2.34. The second kappa shape index (κ2) is 8.02. The quantitative estimate of drug-likeness (QED) is 0.845. The first-order valence-corrected chi connectivity index (χ1v) is 9.43. The number of hydrogen-bond donors (Lipinski definition) is 1. The Balaban J connectivity index is 1.44. The van der Waals surface area contributed by atoms with E-state index in [1.54, 1.807) is 20.3 Å². The summed E-state index contributed by atoms with van der Waals surface area (Å²) in [7, 11) is 3.29. The number of nitrogens with zero attached hydrogens (tertiary/aromatic N) is 3. The van der Waals surface area contributed by atoms with E-state index in [1.165, 1.54) is 11.1 Å². The van der Waals surface area contributed by atoms with Crippen molar-refractivity contribution in [2.24, 2.45) is 0 Å². The van der Waals surface area contributed by atoms with E-state index in [4.69, 9.17) is 14.2 Å². The maximum absolute atomic E-state index is 12.1. The molecule has 8 heteroatoms. The molecule has 1 fully saturated rings. The van der Waals surface area contributed by atoms with Crippen LogP contribution in [0.5, 0.6) is 11.5 Å². The topological polar surface area (TPSA) is 85.8 Å². The summed E-state index contributed by atoms with van der Waals surface area (Å²) in [5.41, 5.74) is 2.43. The molecule has 28 heavy (non-hydrogen) atoms. The summed E-state index contributed by atoms with van der Waals surface area (Å²) in [4.78, 5) is 14.3. The van der Waals surface area contributed by atoms with Crippen LogP contribution in [0.25, 0.3) is 0 Å². The molecule has 2 aromatic rings. The molecule has 3 heterocycles. The van der Waals surface area contributed by atoms with Gasteiger partial charge < -0.3 is 24.4 Å². The number of ether oxygens (including phenoxy) is 3. The zero-order valence-electron chi connectivity index (χ0n) is 16.1. The molecule has 0 radical (unpaired) electrons. The van der Waals surface area contributed by atoms with Gasteiger partial charge in [-0.05, 0) is 54.7 Å². The van der Waals surface area contributed by atoms with Crippen LogP contribution in [0.3, 0.4) is 0 Å². The van der Waals surface area contributed by atoms with Crippen LogP contribution in [-0.4, -0.2) is 49.6 Å². The molecule has 1 aromatic heterocycles. The number of nitrogens with one attached hydrogen (secondary N) is 1. The number of methoxy groups -OCH3 is 2. The van der Waals surface area contributed by atoms with Gasteiger partial charge in [0, 0.05) is 19.7 Å². The van der Waals surface area contributed by atoms with Crippen LogP contribution < -0.4 is 19.7 Å². The predicted octanol–water partition coefficient (Wildman–Crippen LogP) is 2.17. The molecule has 0 saturated carbocycles. The number of carbonyl (C=O) groups is 1. The summed E-state index contributed by atoms with van der Waals surface area (Å²) in [6.07, 6.45) is 2.16. The van der Waals surface area contributed by atoms with Gasteiger partial charge in [-0.3, -0.25) is 4.79 Å². The lowest BCUT2D eigenvalue weighted by atomic mass is 9.99. The molecule has 1 N–H and O–H groups in total. The van der Waals surface area contributed by atoms with Crippen molar-refractivity contribution < 1.29 is 19.0 Å². The van der Waals surface area contributed by atoms with Crippen molar-refractivity contribution >= 4 is 17.5 Å². The fourth-order valence-electron chi connectivity index (χ4n) is 3.63. The Morgan fingerprint density at radius 2 is 1.96 bits per heavy atom. The lowest BCUT2D eigenvalue weighted by molar-refractivity contribution is -0.124. The van der Waals surface area contributed by atoms with Crippen LogP contribution in [-0.2, 0) is 22.5 Å². The average Bonchev–Trinajstić information content (AvgIpc) is 3.28. The van der Waals surface area contributed by atoms with Gasteiger partial charge in [0.15, 0.2) is 23.1 Å². The Labute approximate surface area is 163 Å². The smallest absolute Gasteiger partial charge is 0.254 e. The second-order valence-corrected chi connectivity index (χ2v) is 6.92. The van der Waals surface area contributed by atoms with Crippen molar-refractivity contribution in [1.82, 2.24) is 10.2 Å². The van der Waals surface area contributed by atoms with Gasteiger partial charge in [-0.25, -0.2) is 0 Å². The van der Waals surface area contributed by atoms with Gasteiger partial charge in [-0.15, -0.1) is 10.2 Å². The largest absolute Gasteiger partial charge is 0.493 e. The van der Waals surface area contributed by atoms with E-state index >= 15 is 0 Å². The normalized spacial score (nSPS) is 18.5. The molecule has 1 aromatic carbocycles. The molecule has 2 aliphatic heterocycles. The van der Waals surface area contributed by atoms with Gasteiger partial charge >= 0.3 is 0 Å². The minimum absolute atomic E-state index is 0.160. The predicted molar refractivity (Wildman–Crippen MR) is 104 cm³/mol. The van der Waals surface area contributed by atoms with E-state index in [9.17, 15) is 4.79 Å². The lowest BCUT2D eigenvalue weighted by Gasteiger charge is -2.30. The van der Waals surface area contributed by atoms with Crippen LogP contribution in [0.4, 0.5) is 11.6 Å². The molecule has 1 unspecified atom stereocenters. The highest BCUT2D eigenvalue weighted by molar-refractivity contribution is 5.93. The van der Waals surface area contributed by atoms with Gasteiger partial charge in [0.25, 0.3) is 5.91 Å². The number of fused-ring (bicyclic) bond motifs is 1. The fourth-order valence-corrected chi connectivity index (χ4v) is 3.63. The third kappa shape index (κ3) is 3.73. The molecule has 1 atom stereocenters. The van der Waals surface area contributed by atoms with Crippen molar-refractivity contribution in [2.75, 3.05) is 37.6 Å². The number of hydrogen-bond acceptors (Lipinski definition) is 7. The monoisotopic (exact) mass is 384 g/mol. The molecular weight excluding hydrogens is 360 g/mol. The standard InChI is InChI=1S/C20H24N4O4/c1-26-16-10-13-7-8-24(12-14(13)11-17(16)27-2)19-6-5-18(22-23-19)21-20(25)15-4-3-9-28-15/h5-6,10-11,15H,3-4,7-9,12H2,1-2H3,(H,21,22,25). The first kappa shape index (κ1) is 18.5. The van der Waals surface area contributed by atoms with Crippen LogP contribution in [0.2, 0.25) is 0 Å². The third-order valence-electron chi connectivity index (χ3n) is 5.17. The minimum atomic E-state index is -0.382. The molecule has 8 nitrogen and oxygen atoms in total. The number of carbonyl (C=O) groups excluding carboxylic acids is 1. The number of rotatable bonds is 5. The van der Waals surface area contributed by atoms with Gasteiger partial charge in [0.2, 0.25) is 0 Å². The van der Waals surface area contributed by atoms with E-state index in [1.807, 2.05) is 18.2 Å². The zero-order chi connectivity index (χ0) is 19.5. The molecule has 0 aliphatic carbocycles. The molecule has 0 spiro atoms. The first-order valence-electron chi connectivity index (χ1n) is 9.43.